The molecular formula is C20H18F3N3O2S. The molecule has 2 aromatic carbocycles. The number of benzene rings is 2. The Kier molecular flexibility index (Phi) is 5.32. The monoisotopic (exact) mass is 421 g/mol. The third-order valence-corrected chi connectivity index (χ3v) is 5.69. The Labute approximate surface area is 166 Å². The molecule has 0 bridgehead atoms. The highest BCUT2D eigenvalue weighted by atomic mass is 32.2. The van der Waals surface area contributed by atoms with Gasteiger partial charge in [-0.3, -0.25) is 4.72 Å². The van der Waals surface area contributed by atoms with E-state index in [0.29, 0.717) is 23.4 Å². The average molecular weight is 421 g/mol. The predicted molar refractivity (Wildman–Crippen MR) is 106 cm³/mol. The van der Waals surface area contributed by atoms with Gasteiger partial charge in [-0.1, -0.05) is 23.8 Å². The molecule has 9 heteroatoms. The quantitative estimate of drug-likeness (QED) is 0.642. The van der Waals surface area contributed by atoms with Gasteiger partial charge in [-0.15, -0.1) is 0 Å². The SMILES string of the molecule is CCn1c(-c2ccc(NS(=O)(=O)CC(F)(F)F)cc2)c(C#N)c2cc(C)ccc21. The lowest BCUT2D eigenvalue weighted by atomic mass is 10.0. The number of nitrogens with one attached hydrogen (secondary N) is 1. The van der Waals surface area contributed by atoms with E-state index in [0.717, 1.165) is 16.5 Å². The van der Waals surface area contributed by atoms with Crippen molar-refractivity contribution in [1.82, 2.24) is 4.57 Å². The van der Waals surface area contributed by atoms with Crippen LogP contribution < -0.4 is 4.72 Å². The van der Waals surface area contributed by atoms with E-state index < -0.39 is 22.0 Å². The van der Waals surface area contributed by atoms with Gasteiger partial charge in [-0.25, -0.2) is 8.42 Å². The van der Waals surface area contributed by atoms with E-state index in [4.69, 9.17) is 0 Å². The second-order valence-electron chi connectivity index (χ2n) is 6.65. The van der Waals surface area contributed by atoms with Gasteiger partial charge < -0.3 is 4.57 Å². The molecule has 152 valence electrons. The molecule has 0 amide bonds. The highest BCUT2D eigenvalue weighted by molar-refractivity contribution is 7.92. The minimum Gasteiger partial charge on any atom is -0.340 e. The van der Waals surface area contributed by atoms with Crippen LogP contribution in [0, 0.1) is 18.3 Å². The van der Waals surface area contributed by atoms with Crippen molar-refractivity contribution in [2.24, 2.45) is 0 Å². The summed E-state index contributed by atoms with van der Waals surface area (Å²) in [5.74, 6) is -1.95. The van der Waals surface area contributed by atoms with Gasteiger partial charge in [0.05, 0.1) is 11.3 Å². The van der Waals surface area contributed by atoms with Gasteiger partial charge in [0.1, 0.15) is 6.07 Å². The number of aromatic nitrogens is 1. The molecule has 0 saturated carbocycles. The normalized spacial score (nSPS) is 12.1. The molecule has 0 aliphatic heterocycles. The Balaban J connectivity index is 2.03. The van der Waals surface area contributed by atoms with Crippen molar-refractivity contribution >= 4 is 26.6 Å². The van der Waals surface area contributed by atoms with E-state index in [9.17, 15) is 26.9 Å². The van der Waals surface area contributed by atoms with Crippen LogP contribution in [0.1, 0.15) is 18.1 Å². The van der Waals surface area contributed by atoms with Gasteiger partial charge in [0.25, 0.3) is 0 Å². The van der Waals surface area contributed by atoms with Crippen molar-refractivity contribution in [2.75, 3.05) is 10.5 Å². The molecule has 0 fully saturated rings. The first kappa shape index (κ1) is 20.7. The summed E-state index contributed by atoms with van der Waals surface area (Å²) in [5, 5.41) is 10.6. The molecule has 0 aliphatic rings. The van der Waals surface area contributed by atoms with Crippen LogP contribution in [0.25, 0.3) is 22.2 Å². The van der Waals surface area contributed by atoms with Gasteiger partial charge in [0.2, 0.25) is 10.0 Å². The summed E-state index contributed by atoms with van der Waals surface area (Å²) in [6.07, 6.45) is -4.83. The topological polar surface area (TPSA) is 74.9 Å². The summed E-state index contributed by atoms with van der Waals surface area (Å²) in [7, 11) is -4.55. The maximum atomic E-state index is 12.4. The Bertz CT molecular complexity index is 1200. The number of nitriles is 1. The maximum absolute atomic E-state index is 12.4. The molecule has 1 N–H and O–H groups in total. The van der Waals surface area contributed by atoms with Crippen molar-refractivity contribution in [3.63, 3.8) is 0 Å². The number of nitrogens with zero attached hydrogens (tertiary/aromatic N) is 2. The van der Waals surface area contributed by atoms with E-state index >= 15 is 0 Å². The highest BCUT2D eigenvalue weighted by Gasteiger charge is 2.35. The summed E-state index contributed by atoms with van der Waals surface area (Å²) < 4.78 is 64.3. The highest BCUT2D eigenvalue weighted by Crippen LogP contribution is 2.34. The van der Waals surface area contributed by atoms with Crippen LogP contribution in [0.5, 0.6) is 0 Å². The Morgan fingerprint density at radius 3 is 2.34 bits per heavy atom. The first-order valence-electron chi connectivity index (χ1n) is 8.75. The zero-order valence-electron chi connectivity index (χ0n) is 15.7. The zero-order chi connectivity index (χ0) is 21.4. The second-order valence-corrected chi connectivity index (χ2v) is 8.38. The molecule has 0 spiro atoms. The minimum absolute atomic E-state index is 0.0199. The van der Waals surface area contributed by atoms with Crippen molar-refractivity contribution in [1.29, 1.82) is 5.26 Å². The molecule has 0 radical (unpaired) electrons. The number of aryl methyl sites for hydroxylation is 2. The lowest BCUT2D eigenvalue weighted by Gasteiger charge is -2.12. The van der Waals surface area contributed by atoms with Crippen molar-refractivity contribution in [3.05, 3.63) is 53.6 Å². The molecule has 3 aromatic rings. The second kappa shape index (κ2) is 7.44. The third kappa shape index (κ3) is 4.38. The number of hydrogen-bond acceptors (Lipinski definition) is 3. The summed E-state index contributed by atoms with van der Waals surface area (Å²) in [5.41, 5.74) is 3.78. The van der Waals surface area contributed by atoms with Gasteiger partial charge in [0, 0.05) is 23.1 Å². The van der Waals surface area contributed by atoms with E-state index in [1.54, 1.807) is 12.1 Å². The van der Waals surface area contributed by atoms with Gasteiger partial charge in [-0.05, 0) is 43.7 Å². The minimum atomic E-state index is -4.83. The number of hydrogen-bond donors (Lipinski definition) is 1. The largest absolute Gasteiger partial charge is 0.404 e. The lowest BCUT2D eigenvalue weighted by Crippen LogP contribution is -2.27. The van der Waals surface area contributed by atoms with Gasteiger partial charge in [-0.2, -0.15) is 18.4 Å². The van der Waals surface area contributed by atoms with Crippen LogP contribution in [0.2, 0.25) is 0 Å². The number of anilines is 1. The molecule has 0 saturated heterocycles. The Morgan fingerprint density at radius 1 is 1.14 bits per heavy atom. The molecule has 3 rings (SSSR count). The fourth-order valence-corrected chi connectivity index (χ4v) is 4.34. The molecule has 1 aromatic heterocycles. The van der Waals surface area contributed by atoms with Crippen molar-refractivity contribution in [3.8, 4) is 17.3 Å². The zero-order valence-corrected chi connectivity index (χ0v) is 16.5. The summed E-state index contributed by atoms with van der Waals surface area (Å²) in [4.78, 5) is 0. The number of fused-ring (bicyclic) bond motifs is 1. The van der Waals surface area contributed by atoms with E-state index in [1.807, 2.05) is 41.3 Å². The van der Waals surface area contributed by atoms with Crippen LogP contribution in [0.3, 0.4) is 0 Å². The van der Waals surface area contributed by atoms with E-state index in [1.165, 1.54) is 12.1 Å². The van der Waals surface area contributed by atoms with Crippen LogP contribution in [0.15, 0.2) is 42.5 Å². The lowest BCUT2D eigenvalue weighted by molar-refractivity contribution is -0.106. The number of alkyl halides is 3. The molecule has 0 atom stereocenters. The Hall–Kier alpha value is -2.99. The average Bonchev–Trinajstić information content (AvgIpc) is 2.92. The van der Waals surface area contributed by atoms with Gasteiger partial charge >= 0.3 is 6.18 Å². The summed E-state index contributed by atoms with van der Waals surface area (Å²) in [6.45, 7) is 4.49. The third-order valence-electron chi connectivity index (χ3n) is 4.43. The summed E-state index contributed by atoms with van der Waals surface area (Å²) in [6, 6.07) is 14.0. The number of halogens is 3. The van der Waals surface area contributed by atoms with E-state index in [-0.39, 0.29) is 5.69 Å². The fraction of sp³-hybridized carbons (Fsp3) is 0.250. The van der Waals surface area contributed by atoms with Crippen LogP contribution in [-0.2, 0) is 16.6 Å². The fourth-order valence-electron chi connectivity index (χ4n) is 3.34. The number of rotatable bonds is 5. The van der Waals surface area contributed by atoms with Crippen LogP contribution in [0.4, 0.5) is 18.9 Å². The smallest absolute Gasteiger partial charge is 0.340 e. The summed E-state index contributed by atoms with van der Waals surface area (Å²) >= 11 is 0. The Morgan fingerprint density at radius 2 is 1.79 bits per heavy atom. The molecular weight excluding hydrogens is 403 g/mol. The molecule has 1 heterocycles. The van der Waals surface area contributed by atoms with Crippen LogP contribution >= 0.6 is 0 Å². The standard InChI is InChI=1S/C20H18F3N3O2S/c1-3-26-18-9-4-13(2)10-16(18)17(11-24)19(26)14-5-7-15(8-6-14)25-29(27,28)12-20(21,22)23/h4-10,25H,3,12H2,1-2H3. The maximum Gasteiger partial charge on any atom is 0.404 e. The first-order chi connectivity index (χ1) is 13.5. The van der Waals surface area contributed by atoms with E-state index in [2.05, 4.69) is 6.07 Å². The predicted octanol–water partition coefficient (Wildman–Crippen LogP) is 4.81. The molecule has 5 nitrogen and oxygen atoms in total. The van der Waals surface area contributed by atoms with Crippen LogP contribution in [-0.4, -0.2) is 24.9 Å². The molecule has 29 heavy (non-hydrogen) atoms. The number of sulfonamides is 1. The molecule has 0 aliphatic carbocycles. The van der Waals surface area contributed by atoms with Crippen molar-refractivity contribution in [2.45, 2.75) is 26.6 Å². The first-order valence-corrected chi connectivity index (χ1v) is 10.4. The van der Waals surface area contributed by atoms with Gasteiger partial charge in [0.15, 0.2) is 5.75 Å². The van der Waals surface area contributed by atoms with Crippen molar-refractivity contribution < 1.29 is 21.6 Å². The molecule has 0 unspecified atom stereocenters.